The van der Waals surface area contributed by atoms with Crippen molar-refractivity contribution in [2.75, 3.05) is 6.54 Å². The summed E-state index contributed by atoms with van der Waals surface area (Å²) in [4.78, 5) is 0. The fourth-order valence-electron chi connectivity index (χ4n) is 1.65. The molecule has 0 bridgehead atoms. The minimum absolute atomic E-state index is 0.561. The van der Waals surface area contributed by atoms with Gasteiger partial charge < -0.3 is 5.73 Å². The maximum Gasteiger partial charge on any atom is 0.138 e. The summed E-state index contributed by atoms with van der Waals surface area (Å²) in [7, 11) is 0. The van der Waals surface area contributed by atoms with Crippen LogP contribution < -0.4 is 5.73 Å². The molecular weight excluding hydrogens is 224 g/mol. The maximum atomic E-state index is 5.92. The van der Waals surface area contributed by atoms with Gasteiger partial charge in [0.2, 0.25) is 0 Å². The second-order valence-corrected chi connectivity index (χ2v) is 4.02. The van der Waals surface area contributed by atoms with Crippen LogP contribution in [0.15, 0.2) is 24.5 Å². The molecule has 2 N–H and O–H groups in total. The first-order valence-corrected chi connectivity index (χ1v) is 5.45. The molecule has 0 aliphatic rings. The van der Waals surface area contributed by atoms with Gasteiger partial charge in [-0.05, 0) is 37.2 Å². The molecule has 4 nitrogen and oxygen atoms in total. The summed E-state index contributed by atoms with van der Waals surface area (Å²) in [5.41, 5.74) is 7.65. The van der Waals surface area contributed by atoms with E-state index < -0.39 is 0 Å². The minimum Gasteiger partial charge on any atom is -0.330 e. The van der Waals surface area contributed by atoms with Crippen LogP contribution in [-0.4, -0.2) is 21.3 Å². The van der Waals surface area contributed by atoms with E-state index in [-0.39, 0.29) is 0 Å². The average molecular weight is 237 g/mol. The zero-order valence-corrected chi connectivity index (χ0v) is 9.78. The molecule has 0 saturated heterocycles. The number of nitrogens with zero attached hydrogens (tertiary/aromatic N) is 3. The van der Waals surface area contributed by atoms with Crippen LogP contribution in [0.25, 0.3) is 5.69 Å². The van der Waals surface area contributed by atoms with E-state index in [1.54, 1.807) is 6.33 Å². The molecule has 0 aliphatic carbocycles. The number of hydrogen-bond donors (Lipinski definition) is 1. The first-order chi connectivity index (χ1) is 7.72. The van der Waals surface area contributed by atoms with Crippen LogP contribution in [-0.2, 0) is 6.42 Å². The van der Waals surface area contributed by atoms with Gasteiger partial charge in [0.05, 0.1) is 5.69 Å². The third-order valence-corrected chi connectivity index (χ3v) is 2.64. The topological polar surface area (TPSA) is 56.7 Å². The number of benzene rings is 1. The highest BCUT2D eigenvalue weighted by molar-refractivity contribution is 6.30. The van der Waals surface area contributed by atoms with Crippen LogP contribution in [0, 0.1) is 6.92 Å². The Hall–Kier alpha value is -1.39. The number of aryl methyl sites for hydroxylation is 1. The van der Waals surface area contributed by atoms with Gasteiger partial charge in [-0.2, -0.15) is 0 Å². The van der Waals surface area contributed by atoms with Gasteiger partial charge in [0.1, 0.15) is 12.2 Å². The van der Waals surface area contributed by atoms with E-state index in [2.05, 4.69) is 10.2 Å². The van der Waals surface area contributed by atoms with Crippen molar-refractivity contribution in [2.24, 2.45) is 5.73 Å². The monoisotopic (exact) mass is 236 g/mol. The quantitative estimate of drug-likeness (QED) is 0.883. The molecule has 5 heteroatoms. The molecule has 0 radical (unpaired) electrons. The summed E-state index contributed by atoms with van der Waals surface area (Å²) < 4.78 is 1.94. The lowest BCUT2D eigenvalue weighted by molar-refractivity contribution is 0.828. The smallest absolute Gasteiger partial charge is 0.138 e. The van der Waals surface area contributed by atoms with E-state index in [1.807, 2.05) is 29.7 Å². The fourth-order valence-corrected chi connectivity index (χ4v) is 1.88. The van der Waals surface area contributed by atoms with Crippen molar-refractivity contribution in [3.63, 3.8) is 0 Å². The molecule has 0 amide bonds. The van der Waals surface area contributed by atoms with Crippen LogP contribution in [0.4, 0.5) is 0 Å². The Labute approximate surface area is 99.1 Å². The molecule has 84 valence electrons. The number of rotatable bonds is 3. The normalized spacial score (nSPS) is 10.7. The lowest BCUT2D eigenvalue weighted by atomic mass is 10.2. The van der Waals surface area contributed by atoms with Gasteiger partial charge >= 0.3 is 0 Å². The Kier molecular flexibility index (Phi) is 3.22. The molecule has 1 heterocycles. The van der Waals surface area contributed by atoms with Crippen molar-refractivity contribution < 1.29 is 0 Å². The van der Waals surface area contributed by atoms with E-state index in [1.165, 1.54) is 0 Å². The van der Waals surface area contributed by atoms with Crippen molar-refractivity contribution in [1.82, 2.24) is 14.8 Å². The summed E-state index contributed by atoms with van der Waals surface area (Å²) in [5, 5.41) is 8.68. The number of aromatic nitrogens is 3. The van der Waals surface area contributed by atoms with Crippen molar-refractivity contribution in [3.8, 4) is 5.69 Å². The highest BCUT2D eigenvalue weighted by Crippen LogP contribution is 2.19. The van der Waals surface area contributed by atoms with Crippen molar-refractivity contribution in [3.05, 3.63) is 40.9 Å². The van der Waals surface area contributed by atoms with Gasteiger partial charge in [0.25, 0.3) is 0 Å². The molecule has 16 heavy (non-hydrogen) atoms. The average Bonchev–Trinajstić information content (AvgIpc) is 2.67. The first kappa shape index (κ1) is 11.1. The van der Waals surface area contributed by atoms with E-state index in [0.717, 1.165) is 22.1 Å². The van der Waals surface area contributed by atoms with Crippen LogP contribution in [0.2, 0.25) is 5.02 Å². The standard InChI is InChI=1S/C11H13ClN4/c1-8-6-9(12)2-3-10(8)16-7-14-15-11(16)4-5-13/h2-3,6-7H,4-5,13H2,1H3. The van der Waals surface area contributed by atoms with Gasteiger partial charge in [-0.15, -0.1) is 10.2 Å². The molecular formula is C11H13ClN4. The summed E-state index contributed by atoms with van der Waals surface area (Å²) >= 11 is 5.92. The van der Waals surface area contributed by atoms with Crippen molar-refractivity contribution >= 4 is 11.6 Å². The number of halogens is 1. The molecule has 0 unspecified atom stereocenters. The van der Waals surface area contributed by atoms with E-state index in [4.69, 9.17) is 17.3 Å². The summed E-state index contributed by atoms with van der Waals surface area (Å²) in [5.74, 6) is 0.868. The third-order valence-electron chi connectivity index (χ3n) is 2.40. The van der Waals surface area contributed by atoms with Crippen LogP contribution in [0.1, 0.15) is 11.4 Å². The second-order valence-electron chi connectivity index (χ2n) is 3.59. The molecule has 0 aliphatic heterocycles. The Morgan fingerprint density at radius 3 is 2.94 bits per heavy atom. The van der Waals surface area contributed by atoms with Gasteiger partial charge in [0.15, 0.2) is 0 Å². The maximum absolute atomic E-state index is 5.92. The van der Waals surface area contributed by atoms with Crippen molar-refractivity contribution in [1.29, 1.82) is 0 Å². The van der Waals surface area contributed by atoms with Gasteiger partial charge in [-0.1, -0.05) is 11.6 Å². The molecule has 0 saturated carbocycles. The third kappa shape index (κ3) is 2.08. The van der Waals surface area contributed by atoms with Gasteiger partial charge in [-0.25, -0.2) is 0 Å². The highest BCUT2D eigenvalue weighted by atomic mass is 35.5. The van der Waals surface area contributed by atoms with Gasteiger partial charge in [0, 0.05) is 11.4 Å². The second kappa shape index (κ2) is 4.63. The molecule has 1 aromatic heterocycles. The first-order valence-electron chi connectivity index (χ1n) is 5.08. The summed E-state index contributed by atoms with van der Waals surface area (Å²) in [6.07, 6.45) is 2.41. The summed E-state index contributed by atoms with van der Waals surface area (Å²) in [6.45, 7) is 2.57. The van der Waals surface area contributed by atoms with Crippen LogP contribution in [0.5, 0.6) is 0 Å². The molecule has 2 aromatic rings. The lowest BCUT2D eigenvalue weighted by Crippen LogP contribution is -2.09. The molecule has 1 aromatic carbocycles. The predicted octanol–water partition coefficient (Wildman–Crippen LogP) is 1.73. The SMILES string of the molecule is Cc1cc(Cl)ccc1-n1cnnc1CCN. The van der Waals surface area contributed by atoms with Gasteiger partial charge in [-0.3, -0.25) is 4.57 Å². The lowest BCUT2D eigenvalue weighted by Gasteiger charge is -2.09. The highest BCUT2D eigenvalue weighted by Gasteiger charge is 2.07. The van der Waals surface area contributed by atoms with Crippen LogP contribution >= 0.6 is 11.6 Å². The van der Waals surface area contributed by atoms with E-state index >= 15 is 0 Å². The summed E-state index contributed by atoms with van der Waals surface area (Å²) in [6, 6.07) is 5.74. The minimum atomic E-state index is 0.561. The van der Waals surface area contributed by atoms with Crippen LogP contribution in [0.3, 0.4) is 0 Å². The van der Waals surface area contributed by atoms with E-state index in [9.17, 15) is 0 Å². The Balaban J connectivity index is 2.46. The van der Waals surface area contributed by atoms with E-state index in [0.29, 0.717) is 13.0 Å². The molecule has 0 fully saturated rings. The Morgan fingerprint density at radius 1 is 1.44 bits per heavy atom. The zero-order chi connectivity index (χ0) is 11.5. The molecule has 0 spiro atoms. The molecule has 0 atom stereocenters. The predicted molar refractivity (Wildman–Crippen MR) is 63.9 cm³/mol. The Morgan fingerprint density at radius 2 is 2.25 bits per heavy atom. The largest absolute Gasteiger partial charge is 0.330 e. The fraction of sp³-hybridized carbons (Fsp3) is 0.273. The molecule has 2 rings (SSSR count). The Bertz CT molecular complexity index is 492. The van der Waals surface area contributed by atoms with Crippen molar-refractivity contribution in [2.45, 2.75) is 13.3 Å². The number of nitrogens with two attached hydrogens (primary N) is 1. The number of hydrogen-bond acceptors (Lipinski definition) is 3. The zero-order valence-electron chi connectivity index (χ0n) is 9.02.